The van der Waals surface area contributed by atoms with Crippen molar-refractivity contribution in [1.29, 1.82) is 0 Å². The first-order valence-corrected chi connectivity index (χ1v) is 10.3. The normalized spacial score (nSPS) is 22.0. The maximum atomic E-state index is 13.0. The van der Waals surface area contributed by atoms with E-state index < -0.39 is 0 Å². The molecule has 2 heterocycles. The molecule has 2 fully saturated rings. The van der Waals surface area contributed by atoms with E-state index in [1.54, 1.807) is 7.11 Å². The van der Waals surface area contributed by atoms with Gasteiger partial charge in [-0.05, 0) is 49.6 Å². The summed E-state index contributed by atoms with van der Waals surface area (Å²) in [4.78, 5) is 17.4. The predicted molar refractivity (Wildman–Crippen MR) is 115 cm³/mol. The van der Waals surface area contributed by atoms with E-state index in [1.807, 2.05) is 29.2 Å². The van der Waals surface area contributed by atoms with E-state index in [0.717, 1.165) is 43.9 Å². The molecule has 1 amide bonds. The minimum absolute atomic E-state index is 0.131. The first-order chi connectivity index (χ1) is 14.0. The quantitative estimate of drug-likeness (QED) is 0.835. The fourth-order valence-electron chi connectivity index (χ4n) is 4.32. The predicted octanol–water partition coefficient (Wildman–Crippen LogP) is 2.57. The Morgan fingerprint density at radius 3 is 2.38 bits per heavy atom. The molecule has 0 bridgehead atoms. The van der Waals surface area contributed by atoms with Crippen molar-refractivity contribution < 1.29 is 9.53 Å². The third kappa shape index (κ3) is 4.23. The zero-order valence-electron chi connectivity index (χ0n) is 17.4. The lowest BCUT2D eigenvalue weighted by atomic mass is 10.0. The Hall–Kier alpha value is -2.57. The van der Waals surface area contributed by atoms with Crippen molar-refractivity contribution in [2.45, 2.75) is 32.4 Å². The molecule has 2 saturated heterocycles. The van der Waals surface area contributed by atoms with Gasteiger partial charge in [0.2, 0.25) is 5.91 Å². The van der Waals surface area contributed by atoms with Gasteiger partial charge in [0.1, 0.15) is 11.8 Å². The van der Waals surface area contributed by atoms with Gasteiger partial charge >= 0.3 is 0 Å². The van der Waals surface area contributed by atoms with Gasteiger partial charge < -0.3 is 14.5 Å². The molecule has 2 unspecified atom stereocenters. The largest absolute Gasteiger partial charge is 0.497 e. The zero-order valence-corrected chi connectivity index (χ0v) is 17.4. The number of piperazine rings is 1. The number of anilines is 1. The third-order valence-corrected chi connectivity index (χ3v) is 6.00. The van der Waals surface area contributed by atoms with Crippen LogP contribution in [0, 0.1) is 13.8 Å². The number of hydrazine groups is 1. The summed E-state index contributed by atoms with van der Waals surface area (Å²) in [5.74, 6) is 1.03. The summed E-state index contributed by atoms with van der Waals surface area (Å²) in [7, 11) is 1.67. The SMILES string of the molecule is COc1ccc(C2CC(C(=O)N3CCN(c4ccc(C)cc4C)CC3)NN2)cc1. The van der Waals surface area contributed by atoms with Gasteiger partial charge in [0.25, 0.3) is 0 Å². The van der Waals surface area contributed by atoms with Gasteiger partial charge in [0, 0.05) is 37.9 Å². The highest BCUT2D eigenvalue weighted by molar-refractivity contribution is 5.82. The Labute approximate surface area is 172 Å². The molecular formula is C23H30N4O2. The van der Waals surface area contributed by atoms with E-state index in [9.17, 15) is 4.79 Å². The van der Waals surface area contributed by atoms with Crippen LogP contribution < -0.4 is 20.5 Å². The number of benzene rings is 2. The molecule has 0 aliphatic carbocycles. The molecule has 2 aromatic rings. The van der Waals surface area contributed by atoms with Gasteiger partial charge in [-0.3, -0.25) is 4.79 Å². The molecule has 0 spiro atoms. The van der Waals surface area contributed by atoms with Crippen LogP contribution in [0.5, 0.6) is 5.75 Å². The molecule has 154 valence electrons. The smallest absolute Gasteiger partial charge is 0.241 e. The van der Waals surface area contributed by atoms with Crippen LogP contribution in [0.2, 0.25) is 0 Å². The Morgan fingerprint density at radius 2 is 1.72 bits per heavy atom. The summed E-state index contributed by atoms with van der Waals surface area (Å²) >= 11 is 0. The molecule has 6 heteroatoms. The Morgan fingerprint density at radius 1 is 1.00 bits per heavy atom. The van der Waals surface area contributed by atoms with Crippen LogP contribution in [0.25, 0.3) is 0 Å². The first-order valence-electron chi connectivity index (χ1n) is 10.3. The van der Waals surface area contributed by atoms with E-state index in [-0.39, 0.29) is 18.0 Å². The second-order valence-corrected chi connectivity index (χ2v) is 8.00. The molecule has 4 rings (SSSR count). The van der Waals surface area contributed by atoms with Gasteiger partial charge in [-0.15, -0.1) is 0 Å². The van der Waals surface area contributed by atoms with Gasteiger partial charge in [0.05, 0.1) is 7.11 Å². The number of amides is 1. The molecule has 2 aliphatic rings. The minimum atomic E-state index is -0.185. The van der Waals surface area contributed by atoms with Crippen LogP contribution in [0.3, 0.4) is 0 Å². The first kappa shape index (κ1) is 19.7. The summed E-state index contributed by atoms with van der Waals surface area (Å²) in [5.41, 5.74) is 11.5. The topological polar surface area (TPSA) is 56.8 Å². The van der Waals surface area contributed by atoms with E-state index in [4.69, 9.17) is 4.74 Å². The Balaban J connectivity index is 1.32. The Kier molecular flexibility index (Phi) is 5.74. The van der Waals surface area contributed by atoms with Gasteiger partial charge in [-0.2, -0.15) is 0 Å². The molecule has 2 aromatic carbocycles. The van der Waals surface area contributed by atoms with E-state index in [2.05, 4.69) is 47.8 Å². The van der Waals surface area contributed by atoms with Crippen LogP contribution in [0.15, 0.2) is 42.5 Å². The fourth-order valence-corrected chi connectivity index (χ4v) is 4.32. The van der Waals surface area contributed by atoms with E-state index in [1.165, 1.54) is 16.8 Å². The number of hydrogen-bond acceptors (Lipinski definition) is 5. The van der Waals surface area contributed by atoms with Crippen molar-refractivity contribution in [3.05, 3.63) is 59.2 Å². The van der Waals surface area contributed by atoms with E-state index >= 15 is 0 Å². The average molecular weight is 395 g/mol. The summed E-state index contributed by atoms with van der Waals surface area (Å²) in [5, 5.41) is 0. The lowest BCUT2D eigenvalue weighted by Crippen LogP contribution is -2.53. The van der Waals surface area contributed by atoms with Crippen molar-refractivity contribution in [3.8, 4) is 5.75 Å². The number of carbonyl (C=O) groups excluding carboxylic acids is 1. The monoisotopic (exact) mass is 394 g/mol. The molecule has 2 aliphatic heterocycles. The summed E-state index contributed by atoms with van der Waals surface area (Å²) < 4.78 is 5.22. The highest BCUT2D eigenvalue weighted by Crippen LogP contribution is 2.26. The molecule has 0 saturated carbocycles. The Bertz CT molecular complexity index is 860. The molecule has 2 atom stereocenters. The van der Waals surface area contributed by atoms with Crippen molar-refractivity contribution in [1.82, 2.24) is 15.8 Å². The second-order valence-electron chi connectivity index (χ2n) is 8.00. The van der Waals surface area contributed by atoms with Crippen molar-refractivity contribution in [3.63, 3.8) is 0 Å². The van der Waals surface area contributed by atoms with Crippen LogP contribution in [0.4, 0.5) is 5.69 Å². The van der Waals surface area contributed by atoms with Crippen molar-refractivity contribution >= 4 is 11.6 Å². The summed E-state index contributed by atoms with van der Waals surface area (Å²) in [6.45, 7) is 7.55. The molecule has 29 heavy (non-hydrogen) atoms. The molecule has 0 radical (unpaired) electrons. The van der Waals surface area contributed by atoms with Gasteiger partial charge in [-0.1, -0.05) is 29.8 Å². The van der Waals surface area contributed by atoms with Gasteiger partial charge in [-0.25, -0.2) is 10.9 Å². The number of aryl methyl sites for hydroxylation is 2. The number of nitrogens with zero attached hydrogens (tertiary/aromatic N) is 2. The highest BCUT2D eigenvalue weighted by atomic mass is 16.5. The average Bonchev–Trinajstić information content (AvgIpc) is 3.24. The number of nitrogens with one attached hydrogen (secondary N) is 2. The standard InChI is InChI=1S/C23H30N4O2/c1-16-4-9-22(17(2)14-16)26-10-12-27(13-11-26)23(28)21-15-20(24-25-21)18-5-7-19(29-3)8-6-18/h4-9,14,20-21,24-25H,10-13,15H2,1-3H3. The highest BCUT2D eigenvalue weighted by Gasteiger charge is 2.34. The van der Waals surface area contributed by atoms with E-state index in [0.29, 0.717) is 0 Å². The fraction of sp³-hybridized carbons (Fsp3) is 0.435. The lowest BCUT2D eigenvalue weighted by molar-refractivity contribution is -0.133. The maximum Gasteiger partial charge on any atom is 0.241 e. The van der Waals surface area contributed by atoms with Crippen LogP contribution in [0.1, 0.15) is 29.2 Å². The number of carbonyl (C=O) groups is 1. The minimum Gasteiger partial charge on any atom is -0.497 e. The molecule has 6 nitrogen and oxygen atoms in total. The summed E-state index contributed by atoms with van der Waals surface area (Å²) in [6, 6.07) is 14.5. The van der Waals surface area contributed by atoms with Crippen molar-refractivity contribution in [2.24, 2.45) is 0 Å². The number of rotatable bonds is 4. The number of hydrogen-bond donors (Lipinski definition) is 2. The third-order valence-electron chi connectivity index (χ3n) is 6.00. The molecule has 2 N–H and O–H groups in total. The second kappa shape index (κ2) is 8.43. The van der Waals surface area contributed by atoms with Gasteiger partial charge in [0.15, 0.2) is 0 Å². The number of methoxy groups -OCH3 is 1. The zero-order chi connectivity index (χ0) is 20.4. The maximum absolute atomic E-state index is 13.0. The lowest BCUT2D eigenvalue weighted by Gasteiger charge is -2.37. The van der Waals surface area contributed by atoms with Crippen molar-refractivity contribution in [2.75, 3.05) is 38.2 Å². The number of ether oxygens (including phenoxy) is 1. The van der Waals surface area contributed by atoms with Crippen LogP contribution >= 0.6 is 0 Å². The summed E-state index contributed by atoms with van der Waals surface area (Å²) in [6.07, 6.45) is 0.752. The molecular weight excluding hydrogens is 364 g/mol. The molecule has 0 aromatic heterocycles. The van der Waals surface area contributed by atoms with Crippen LogP contribution in [-0.2, 0) is 4.79 Å². The van der Waals surface area contributed by atoms with Crippen LogP contribution in [-0.4, -0.2) is 50.1 Å².